The molecular formula is C33H46O4. The van der Waals surface area contributed by atoms with Crippen LogP contribution in [0.3, 0.4) is 0 Å². The number of carbonyl (C=O) groups is 1. The fourth-order valence-electron chi connectivity index (χ4n) is 5.13. The molecule has 0 fully saturated rings. The Balaban J connectivity index is 2.28. The molecule has 0 saturated heterocycles. The SMILES string of the molecule is CCCC(C)(C)C(O)C#Cc1ccc(C(CC)(CC)c2ccc(OCCCCC(=O)O)c(C)c2)cc1C. The van der Waals surface area contributed by atoms with Crippen LogP contribution in [0.25, 0.3) is 0 Å². The van der Waals surface area contributed by atoms with Gasteiger partial charge >= 0.3 is 5.97 Å². The Morgan fingerprint density at radius 1 is 0.973 bits per heavy atom. The van der Waals surface area contributed by atoms with E-state index in [1.807, 2.05) is 6.07 Å². The van der Waals surface area contributed by atoms with E-state index in [4.69, 9.17) is 9.84 Å². The largest absolute Gasteiger partial charge is 0.493 e. The number of carboxylic acids is 1. The monoisotopic (exact) mass is 506 g/mol. The average Bonchev–Trinajstić information content (AvgIpc) is 2.85. The van der Waals surface area contributed by atoms with Gasteiger partial charge in [-0.25, -0.2) is 0 Å². The molecule has 0 bridgehead atoms. The van der Waals surface area contributed by atoms with Crippen molar-refractivity contribution in [3.8, 4) is 17.6 Å². The van der Waals surface area contributed by atoms with Crippen LogP contribution in [0.4, 0.5) is 0 Å². The summed E-state index contributed by atoms with van der Waals surface area (Å²) in [4.78, 5) is 10.7. The number of aliphatic hydroxyl groups is 1. The van der Waals surface area contributed by atoms with Gasteiger partial charge in [-0.05, 0) is 80.3 Å². The van der Waals surface area contributed by atoms with Gasteiger partial charge in [-0.1, -0.05) is 77.1 Å². The molecule has 0 aliphatic carbocycles. The second-order valence-corrected chi connectivity index (χ2v) is 10.9. The quantitative estimate of drug-likeness (QED) is 0.217. The maximum Gasteiger partial charge on any atom is 0.303 e. The van der Waals surface area contributed by atoms with Crippen molar-refractivity contribution in [3.63, 3.8) is 0 Å². The lowest BCUT2D eigenvalue weighted by molar-refractivity contribution is -0.137. The fourth-order valence-corrected chi connectivity index (χ4v) is 5.13. The number of aryl methyl sites for hydroxylation is 2. The highest BCUT2D eigenvalue weighted by atomic mass is 16.5. The first kappa shape index (κ1) is 30.5. The van der Waals surface area contributed by atoms with Crippen LogP contribution in [0.1, 0.15) is 107 Å². The van der Waals surface area contributed by atoms with E-state index in [1.165, 1.54) is 11.1 Å². The number of hydrogen-bond acceptors (Lipinski definition) is 3. The van der Waals surface area contributed by atoms with Crippen molar-refractivity contribution in [2.75, 3.05) is 6.61 Å². The first-order chi connectivity index (χ1) is 17.5. The van der Waals surface area contributed by atoms with Gasteiger partial charge in [-0.3, -0.25) is 4.79 Å². The predicted octanol–water partition coefficient (Wildman–Crippen LogP) is 7.58. The molecule has 37 heavy (non-hydrogen) atoms. The van der Waals surface area contributed by atoms with E-state index in [2.05, 4.69) is 90.6 Å². The molecule has 0 radical (unpaired) electrons. The molecule has 4 heteroatoms. The Bertz CT molecular complexity index is 1100. The first-order valence-corrected chi connectivity index (χ1v) is 13.8. The van der Waals surface area contributed by atoms with E-state index in [0.29, 0.717) is 13.0 Å². The highest BCUT2D eigenvalue weighted by Gasteiger charge is 2.31. The van der Waals surface area contributed by atoms with Crippen molar-refractivity contribution in [1.29, 1.82) is 0 Å². The predicted molar refractivity (Wildman–Crippen MR) is 152 cm³/mol. The summed E-state index contributed by atoms with van der Waals surface area (Å²) in [7, 11) is 0. The lowest BCUT2D eigenvalue weighted by Crippen LogP contribution is -2.27. The standard InChI is InChI=1S/C33H46O4/c1-8-20-32(6,7)30(34)19-15-26-14-16-27(22-24(26)4)33(9-2,10-3)28-17-18-29(25(5)23-28)37-21-12-11-13-31(35)36/h14,16-18,22-23,30,34H,8-13,20-21H2,1-7H3,(H,35,36). The van der Waals surface area contributed by atoms with E-state index < -0.39 is 12.1 Å². The molecule has 1 unspecified atom stereocenters. The minimum absolute atomic E-state index is 0.121. The molecule has 0 saturated carbocycles. The summed E-state index contributed by atoms with van der Waals surface area (Å²) in [6.45, 7) is 15.4. The van der Waals surface area contributed by atoms with Crippen LogP contribution in [0.5, 0.6) is 5.75 Å². The molecule has 0 heterocycles. The highest BCUT2D eigenvalue weighted by molar-refractivity contribution is 5.66. The number of rotatable bonds is 13. The van der Waals surface area contributed by atoms with E-state index in [0.717, 1.165) is 54.5 Å². The lowest BCUT2D eigenvalue weighted by Gasteiger charge is -2.34. The minimum atomic E-state index is -0.764. The Kier molecular flexibility index (Phi) is 11.3. The van der Waals surface area contributed by atoms with Crippen LogP contribution in [-0.4, -0.2) is 28.9 Å². The second-order valence-electron chi connectivity index (χ2n) is 10.9. The van der Waals surface area contributed by atoms with Gasteiger partial charge in [0, 0.05) is 22.8 Å². The Morgan fingerprint density at radius 2 is 1.59 bits per heavy atom. The lowest BCUT2D eigenvalue weighted by atomic mass is 9.70. The molecule has 0 aromatic heterocycles. The molecule has 0 aliphatic rings. The van der Waals surface area contributed by atoms with Crippen LogP contribution in [0, 0.1) is 31.1 Å². The van der Waals surface area contributed by atoms with Crippen LogP contribution < -0.4 is 4.74 Å². The highest BCUT2D eigenvalue weighted by Crippen LogP contribution is 2.41. The van der Waals surface area contributed by atoms with Crippen LogP contribution in [-0.2, 0) is 10.2 Å². The molecule has 0 aliphatic heterocycles. The molecule has 2 N–H and O–H groups in total. The van der Waals surface area contributed by atoms with Crippen molar-refractivity contribution < 1.29 is 19.7 Å². The number of ether oxygens (including phenoxy) is 1. The third-order valence-electron chi connectivity index (χ3n) is 7.73. The van der Waals surface area contributed by atoms with E-state index in [1.54, 1.807) is 0 Å². The maximum absolute atomic E-state index is 10.7. The Labute approximate surface area is 224 Å². The molecular weight excluding hydrogens is 460 g/mol. The first-order valence-electron chi connectivity index (χ1n) is 13.8. The van der Waals surface area contributed by atoms with Crippen molar-refractivity contribution in [2.24, 2.45) is 5.41 Å². The van der Waals surface area contributed by atoms with Crippen molar-refractivity contribution in [1.82, 2.24) is 0 Å². The van der Waals surface area contributed by atoms with Gasteiger partial charge in [-0.2, -0.15) is 0 Å². The summed E-state index contributed by atoms with van der Waals surface area (Å²) in [5.74, 6) is 6.41. The summed E-state index contributed by atoms with van der Waals surface area (Å²) in [6, 6.07) is 13.0. The van der Waals surface area contributed by atoms with Crippen molar-refractivity contribution in [2.45, 2.75) is 105 Å². The van der Waals surface area contributed by atoms with E-state index in [9.17, 15) is 9.90 Å². The minimum Gasteiger partial charge on any atom is -0.493 e. The van der Waals surface area contributed by atoms with Gasteiger partial charge < -0.3 is 14.9 Å². The molecule has 1 atom stereocenters. The molecule has 2 rings (SSSR count). The summed E-state index contributed by atoms with van der Waals surface area (Å²) in [5.41, 5.74) is 5.36. The van der Waals surface area contributed by atoms with E-state index >= 15 is 0 Å². The van der Waals surface area contributed by atoms with Gasteiger partial charge in [0.15, 0.2) is 0 Å². The van der Waals surface area contributed by atoms with Crippen LogP contribution in [0.2, 0.25) is 0 Å². The smallest absolute Gasteiger partial charge is 0.303 e. The zero-order chi connectivity index (χ0) is 27.6. The van der Waals surface area contributed by atoms with Gasteiger partial charge in [0.25, 0.3) is 0 Å². The van der Waals surface area contributed by atoms with Crippen molar-refractivity contribution >= 4 is 5.97 Å². The number of aliphatic carboxylic acids is 1. The van der Waals surface area contributed by atoms with Gasteiger partial charge in [0.05, 0.1) is 6.61 Å². The van der Waals surface area contributed by atoms with Crippen LogP contribution in [0.15, 0.2) is 36.4 Å². The third kappa shape index (κ3) is 7.86. The summed E-state index contributed by atoms with van der Waals surface area (Å²) in [5, 5.41) is 19.4. The van der Waals surface area contributed by atoms with Crippen molar-refractivity contribution in [3.05, 3.63) is 64.2 Å². The molecule has 0 spiro atoms. The normalized spacial score (nSPS) is 12.5. The van der Waals surface area contributed by atoms with Crippen LogP contribution >= 0.6 is 0 Å². The molecule has 0 amide bonds. The maximum atomic E-state index is 10.7. The number of hydrogen-bond donors (Lipinski definition) is 2. The zero-order valence-corrected chi connectivity index (χ0v) is 23.9. The molecule has 4 nitrogen and oxygen atoms in total. The Hall–Kier alpha value is -2.77. The number of unbranched alkanes of at least 4 members (excludes halogenated alkanes) is 1. The van der Waals surface area contributed by atoms with Gasteiger partial charge in [-0.15, -0.1) is 0 Å². The summed E-state index contributed by atoms with van der Waals surface area (Å²) in [6.07, 6.45) is 4.76. The second kappa shape index (κ2) is 13.7. The van der Waals surface area contributed by atoms with E-state index in [-0.39, 0.29) is 17.3 Å². The molecule has 2 aromatic carbocycles. The van der Waals surface area contributed by atoms with Gasteiger partial charge in [0.2, 0.25) is 0 Å². The number of carboxylic acid groups (broad SMARTS) is 1. The number of aliphatic hydroxyl groups excluding tert-OH is 1. The third-order valence-corrected chi connectivity index (χ3v) is 7.73. The fraction of sp³-hybridized carbons (Fsp3) is 0.545. The summed E-state index contributed by atoms with van der Waals surface area (Å²) < 4.78 is 5.95. The van der Waals surface area contributed by atoms with Gasteiger partial charge in [0.1, 0.15) is 11.9 Å². The molecule has 202 valence electrons. The topological polar surface area (TPSA) is 66.8 Å². The Morgan fingerprint density at radius 3 is 2.14 bits per heavy atom. The average molecular weight is 507 g/mol. The molecule has 2 aromatic rings. The number of benzene rings is 2. The zero-order valence-electron chi connectivity index (χ0n) is 23.9. The summed E-state index contributed by atoms with van der Waals surface area (Å²) >= 11 is 0.